The molecule has 196 valence electrons. The van der Waals surface area contributed by atoms with Crippen molar-refractivity contribution in [2.24, 2.45) is 0 Å². The molecule has 1 fully saturated rings. The van der Waals surface area contributed by atoms with E-state index in [-0.39, 0.29) is 12.0 Å². The molecule has 4 heterocycles. The fourth-order valence-electron chi connectivity index (χ4n) is 3.98. The van der Waals surface area contributed by atoms with E-state index < -0.39 is 0 Å². The van der Waals surface area contributed by atoms with Crippen molar-refractivity contribution < 1.29 is 14.3 Å². The lowest BCUT2D eigenvalue weighted by molar-refractivity contribution is 0.0398. The van der Waals surface area contributed by atoms with Gasteiger partial charge in [0.25, 0.3) is 5.91 Å². The van der Waals surface area contributed by atoms with E-state index in [0.29, 0.717) is 33.8 Å². The van der Waals surface area contributed by atoms with Crippen LogP contribution in [0.5, 0.6) is 5.88 Å². The van der Waals surface area contributed by atoms with Crippen LogP contribution < -0.4 is 15.4 Å². The highest BCUT2D eigenvalue weighted by molar-refractivity contribution is 7.18. The van der Waals surface area contributed by atoms with Crippen LogP contribution in [0.1, 0.15) is 28.9 Å². The second kappa shape index (κ2) is 12.5. The average Bonchev–Trinajstić information content (AvgIpc) is 3.44. The topological polar surface area (TPSA) is 114 Å². The number of pyridine rings is 2. The molecule has 3 aromatic heterocycles. The average molecular weight is 532 g/mol. The number of hydrogen-bond acceptors (Lipinski definition) is 10. The van der Waals surface area contributed by atoms with Gasteiger partial charge >= 0.3 is 0 Å². The maximum atomic E-state index is 13.1. The number of amides is 1. The summed E-state index contributed by atoms with van der Waals surface area (Å²) in [6.45, 7) is 6.79. The summed E-state index contributed by atoms with van der Waals surface area (Å²) in [5.74, 6) is 0.115. The molecular formula is C27H29N7O3S. The number of carbonyl (C=O) groups is 1. The smallest absolute Gasteiger partial charge is 0.259 e. The minimum absolute atomic E-state index is 0.212. The monoisotopic (exact) mass is 531 g/mol. The fraction of sp³-hybridized carbons (Fsp3) is 0.296. The Labute approximate surface area is 225 Å². The van der Waals surface area contributed by atoms with Crippen LogP contribution >= 0.6 is 11.3 Å². The molecule has 4 aromatic rings. The van der Waals surface area contributed by atoms with Crippen LogP contribution in [0.25, 0.3) is 10.6 Å². The SMILES string of the molecule is CC(Oc1ncc(C(=O)Nc2nnc(-c3ccncc3)s2)cc1NCCN1CCOCC1)c1ccccc1. The normalized spacial score (nSPS) is 14.6. The van der Waals surface area contributed by atoms with Crippen LogP contribution in [0.3, 0.4) is 0 Å². The van der Waals surface area contributed by atoms with Crippen molar-refractivity contribution in [1.82, 2.24) is 25.1 Å². The number of rotatable bonds is 10. The first-order chi connectivity index (χ1) is 18.7. The van der Waals surface area contributed by atoms with Crippen LogP contribution in [0.4, 0.5) is 10.8 Å². The summed E-state index contributed by atoms with van der Waals surface area (Å²) < 4.78 is 11.7. The lowest BCUT2D eigenvalue weighted by Gasteiger charge is -2.27. The van der Waals surface area contributed by atoms with Gasteiger partial charge < -0.3 is 14.8 Å². The van der Waals surface area contributed by atoms with Crippen molar-refractivity contribution in [3.63, 3.8) is 0 Å². The Hall–Kier alpha value is -3.93. The van der Waals surface area contributed by atoms with E-state index in [2.05, 4.69) is 35.7 Å². The summed E-state index contributed by atoms with van der Waals surface area (Å²) in [5.41, 5.74) is 2.97. The molecule has 0 aliphatic carbocycles. The molecule has 1 aliphatic rings. The molecule has 2 N–H and O–H groups in total. The van der Waals surface area contributed by atoms with E-state index in [1.807, 2.05) is 49.4 Å². The van der Waals surface area contributed by atoms with Gasteiger partial charge in [0.05, 0.1) is 24.5 Å². The number of nitrogens with one attached hydrogen (secondary N) is 2. The van der Waals surface area contributed by atoms with E-state index in [1.165, 1.54) is 17.5 Å². The Morgan fingerprint density at radius 3 is 2.71 bits per heavy atom. The van der Waals surface area contributed by atoms with Gasteiger partial charge in [0.2, 0.25) is 11.0 Å². The van der Waals surface area contributed by atoms with Crippen LogP contribution in [-0.2, 0) is 4.74 Å². The molecular weight excluding hydrogens is 502 g/mol. The van der Waals surface area contributed by atoms with Gasteiger partial charge in [-0.25, -0.2) is 4.98 Å². The summed E-state index contributed by atoms with van der Waals surface area (Å²) in [7, 11) is 0. The molecule has 1 aromatic carbocycles. The number of carbonyl (C=O) groups excluding carboxylic acids is 1. The summed E-state index contributed by atoms with van der Waals surface area (Å²) in [5, 5.41) is 15.6. The van der Waals surface area contributed by atoms with Crippen molar-refractivity contribution in [2.45, 2.75) is 13.0 Å². The zero-order chi connectivity index (χ0) is 26.2. The molecule has 10 nitrogen and oxygen atoms in total. The van der Waals surface area contributed by atoms with Gasteiger partial charge in [0.1, 0.15) is 11.1 Å². The fourth-order valence-corrected chi connectivity index (χ4v) is 4.73. The van der Waals surface area contributed by atoms with Crippen molar-refractivity contribution >= 4 is 28.1 Å². The number of morpholine rings is 1. The minimum Gasteiger partial charge on any atom is -0.468 e. The maximum absolute atomic E-state index is 13.1. The third kappa shape index (κ3) is 6.68. The van der Waals surface area contributed by atoms with Gasteiger partial charge in [-0.3, -0.25) is 20.0 Å². The van der Waals surface area contributed by atoms with Gasteiger partial charge in [-0.1, -0.05) is 41.7 Å². The Morgan fingerprint density at radius 1 is 1.13 bits per heavy atom. The van der Waals surface area contributed by atoms with E-state index in [4.69, 9.17) is 9.47 Å². The Balaban J connectivity index is 1.30. The van der Waals surface area contributed by atoms with Crippen LogP contribution in [0, 0.1) is 0 Å². The second-order valence-electron chi connectivity index (χ2n) is 8.73. The second-order valence-corrected chi connectivity index (χ2v) is 9.71. The van der Waals surface area contributed by atoms with E-state index in [0.717, 1.165) is 44.0 Å². The Bertz CT molecular complexity index is 1330. The predicted molar refractivity (Wildman–Crippen MR) is 147 cm³/mol. The summed E-state index contributed by atoms with van der Waals surface area (Å²) in [4.78, 5) is 23.9. The number of aromatic nitrogens is 4. The first-order valence-corrected chi connectivity index (χ1v) is 13.3. The number of hydrogen-bond donors (Lipinski definition) is 2. The van der Waals surface area contributed by atoms with Crippen LogP contribution in [0.15, 0.2) is 67.1 Å². The highest BCUT2D eigenvalue weighted by Crippen LogP contribution is 2.29. The van der Waals surface area contributed by atoms with Gasteiger partial charge in [0, 0.05) is 50.3 Å². The third-order valence-corrected chi connectivity index (χ3v) is 6.98. The highest BCUT2D eigenvalue weighted by atomic mass is 32.1. The first-order valence-electron chi connectivity index (χ1n) is 12.5. The lowest BCUT2D eigenvalue weighted by Crippen LogP contribution is -2.39. The largest absolute Gasteiger partial charge is 0.468 e. The van der Waals surface area contributed by atoms with E-state index >= 15 is 0 Å². The van der Waals surface area contributed by atoms with Gasteiger partial charge in [-0.15, -0.1) is 10.2 Å². The van der Waals surface area contributed by atoms with Crippen molar-refractivity contribution in [3.8, 4) is 16.5 Å². The molecule has 0 spiro atoms. The summed E-state index contributed by atoms with van der Waals surface area (Å²) >= 11 is 1.29. The van der Waals surface area contributed by atoms with E-state index in [1.54, 1.807) is 18.5 Å². The highest BCUT2D eigenvalue weighted by Gasteiger charge is 2.18. The molecule has 1 aliphatic heterocycles. The molecule has 1 atom stereocenters. The molecule has 0 bridgehead atoms. The zero-order valence-electron chi connectivity index (χ0n) is 21.0. The third-order valence-electron chi connectivity index (χ3n) is 6.09. The first kappa shape index (κ1) is 25.7. The molecule has 38 heavy (non-hydrogen) atoms. The molecule has 1 unspecified atom stereocenters. The Kier molecular flexibility index (Phi) is 8.49. The van der Waals surface area contributed by atoms with Gasteiger partial charge in [-0.2, -0.15) is 0 Å². The number of nitrogens with zero attached hydrogens (tertiary/aromatic N) is 5. The van der Waals surface area contributed by atoms with E-state index in [9.17, 15) is 4.79 Å². The molecule has 0 radical (unpaired) electrons. The van der Waals surface area contributed by atoms with Crippen molar-refractivity contribution in [3.05, 3.63) is 78.2 Å². The Morgan fingerprint density at radius 2 is 1.92 bits per heavy atom. The van der Waals surface area contributed by atoms with Gasteiger partial charge in [-0.05, 0) is 30.7 Å². The molecule has 11 heteroatoms. The quantitative estimate of drug-likeness (QED) is 0.312. The summed E-state index contributed by atoms with van der Waals surface area (Å²) in [6, 6.07) is 15.4. The molecule has 1 amide bonds. The number of benzene rings is 1. The maximum Gasteiger partial charge on any atom is 0.259 e. The predicted octanol–water partition coefficient (Wildman–Crippen LogP) is 4.13. The number of ether oxygens (including phenoxy) is 2. The number of anilines is 2. The molecule has 5 rings (SSSR count). The molecule has 1 saturated heterocycles. The van der Waals surface area contributed by atoms with Gasteiger partial charge in [0.15, 0.2) is 0 Å². The molecule has 0 saturated carbocycles. The van der Waals surface area contributed by atoms with Crippen molar-refractivity contribution in [2.75, 3.05) is 50.0 Å². The standard InChI is InChI=1S/C27H29N7O3S/c1-19(20-5-3-2-4-6-20)37-25-23(29-11-12-34-13-15-36-16-14-34)17-22(18-30-25)24(35)31-27-33-32-26(38-27)21-7-9-28-10-8-21/h2-10,17-19,29H,11-16H2,1H3,(H,31,33,35). The lowest BCUT2D eigenvalue weighted by atomic mass is 10.1. The van der Waals surface area contributed by atoms with Crippen molar-refractivity contribution in [1.29, 1.82) is 0 Å². The van der Waals surface area contributed by atoms with Crippen LogP contribution in [-0.4, -0.2) is 70.4 Å². The summed E-state index contributed by atoms with van der Waals surface area (Å²) in [6.07, 6.45) is 4.68. The van der Waals surface area contributed by atoms with Crippen LogP contribution in [0.2, 0.25) is 0 Å². The minimum atomic E-state index is -0.325. The zero-order valence-corrected chi connectivity index (χ0v) is 21.9.